The van der Waals surface area contributed by atoms with Gasteiger partial charge in [-0.3, -0.25) is 14.9 Å². The second kappa shape index (κ2) is 10.1. The molecule has 1 aromatic carbocycles. The van der Waals surface area contributed by atoms with Crippen LogP contribution in [-0.2, 0) is 19.2 Å². The summed E-state index contributed by atoms with van der Waals surface area (Å²) in [6.07, 6.45) is 0. The first-order valence-corrected chi connectivity index (χ1v) is 15.2. The van der Waals surface area contributed by atoms with Gasteiger partial charge in [0.1, 0.15) is 5.69 Å². The first-order valence-electron chi connectivity index (χ1n) is 9.00. The average molecular weight is 543 g/mol. The van der Waals surface area contributed by atoms with E-state index in [1.165, 1.54) is 13.0 Å². The van der Waals surface area contributed by atoms with E-state index < -0.39 is 35.0 Å². The molecule has 3 N–H and O–H groups in total. The summed E-state index contributed by atoms with van der Waals surface area (Å²) < 4.78 is 29.7. The molecule has 0 heterocycles. The zero-order valence-corrected chi connectivity index (χ0v) is 22.0. The number of hydrogen-bond acceptors (Lipinski definition) is 8. The van der Waals surface area contributed by atoms with E-state index in [4.69, 9.17) is 9.56 Å². The number of thioether (sulfide) groups is 1. The van der Waals surface area contributed by atoms with Crippen molar-refractivity contribution in [2.24, 2.45) is 5.14 Å². The van der Waals surface area contributed by atoms with Crippen LogP contribution in [0.1, 0.15) is 27.7 Å². The minimum atomic E-state index is -4.12. The molecule has 0 bridgehead atoms. The van der Waals surface area contributed by atoms with Gasteiger partial charge in [-0.1, -0.05) is 32.5 Å². The Morgan fingerprint density at radius 3 is 2.40 bits per heavy atom. The lowest BCUT2D eigenvalue weighted by Crippen LogP contribution is -2.44. The molecule has 13 heteroatoms. The highest BCUT2D eigenvalue weighted by Crippen LogP contribution is 2.38. The molecule has 0 fully saturated rings. The van der Waals surface area contributed by atoms with Crippen LogP contribution in [0.4, 0.5) is 11.4 Å². The number of halogens is 1. The topological polar surface area (TPSA) is 142 Å². The minimum absolute atomic E-state index is 0.0328. The van der Waals surface area contributed by atoms with Gasteiger partial charge in [0.15, 0.2) is 13.4 Å². The number of hydrogen-bond donors (Lipinski definition) is 2. The average Bonchev–Trinajstić information content (AvgIpc) is 2.55. The summed E-state index contributed by atoms with van der Waals surface area (Å²) >= 11 is 4.27. The molecule has 1 unspecified atom stereocenters. The maximum Gasteiger partial charge on any atom is 0.294 e. The van der Waals surface area contributed by atoms with Gasteiger partial charge in [0.25, 0.3) is 5.69 Å². The number of primary sulfonamides is 1. The van der Waals surface area contributed by atoms with E-state index in [2.05, 4.69) is 55.1 Å². The number of nitrogens with zero attached hydrogens (tertiary/aromatic N) is 1. The highest BCUT2D eigenvalue weighted by molar-refractivity contribution is 9.10. The number of nitro groups is 1. The highest BCUT2D eigenvalue weighted by atomic mass is 79.9. The predicted octanol–water partition coefficient (Wildman–Crippen LogP) is 4.09. The van der Waals surface area contributed by atoms with Crippen LogP contribution < -0.4 is 10.5 Å². The van der Waals surface area contributed by atoms with Gasteiger partial charge in [0, 0.05) is 23.2 Å². The summed E-state index contributed by atoms with van der Waals surface area (Å²) in [7, 11) is -6.22. The van der Waals surface area contributed by atoms with Gasteiger partial charge in [-0.2, -0.15) is 0 Å². The van der Waals surface area contributed by atoms with E-state index in [0.29, 0.717) is 5.75 Å². The molecular weight excluding hydrogens is 514 g/mol. The number of sulfonamides is 1. The van der Waals surface area contributed by atoms with Crippen molar-refractivity contribution in [3.05, 3.63) is 26.7 Å². The van der Waals surface area contributed by atoms with Gasteiger partial charge in [0.05, 0.1) is 22.5 Å². The van der Waals surface area contributed by atoms with Crippen LogP contribution in [0.15, 0.2) is 21.5 Å². The molecule has 9 nitrogen and oxygen atoms in total. The third-order valence-corrected chi connectivity index (χ3v) is 11.9. The molecule has 0 spiro atoms. The van der Waals surface area contributed by atoms with Crippen molar-refractivity contribution in [2.45, 2.75) is 56.8 Å². The first kappa shape index (κ1) is 27.0. The van der Waals surface area contributed by atoms with Crippen molar-refractivity contribution in [1.29, 1.82) is 0 Å². The largest absolute Gasteiger partial charge is 0.415 e. The third-order valence-electron chi connectivity index (χ3n) is 4.86. The normalized spacial score (nSPS) is 13.7. The Labute approximate surface area is 191 Å². The first-order chi connectivity index (χ1) is 13.5. The van der Waals surface area contributed by atoms with E-state index in [9.17, 15) is 23.3 Å². The van der Waals surface area contributed by atoms with Crippen molar-refractivity contribution in [2.75, 3.05) is 17.7 Å². The molecule has 0 saturated carbocycles. The lowest BCUT2D eigenvalue weighted by Gasteiger charge is -2.37. The molecule has 1 rings (SSSR count). The molecule has 0 aromatic heterocycles. The van der Waals surface area contributed by atoms with Crippen molar-refractivity contribution in [1.82, 2.24) is 0 Å². The Morgan fingerprint density at radius 1 is 1.40 bits per heavy atom. The number of nitrogens with two attached hydrogens (primary N) is 1. The maximum atomic E-state index is 11.6. The van der Waals surface area contributed by atoms with Crippen LogP contribution in [-0.4, -0.2) is 45.2 Å². The number of nitrogens with one attached hydrogen (secondary N) is 1. The van der Waals surface area contributed by atoms with Crippen LogP contribution in [0, 0.1) is 10.1 Å². The number of anilines is 1. The Hall–Kier alpha value is -0.993. The van der Waals surface area contributed by atoms with Crippen LogP contribution in [0.3, 0.4) is 0 Å². The summed E-state index contributed by atoms with van der Waals surface area (Å²) in [6.45, 7) is 12.1. The molecule has 0 amide bonds. The second-order valence-electron chi connectivity index (χ2n) is 8.32. The fourth-order valence-corrected chi connectivity index (χ4v) is 5.04. The lowest BCUT2D eigenvalue weighted by atomic mass is 10.2. The molecular formula is C17H28BrN3O6S2Si. The molecule has 0 aliphatic heterocycles. The van der Waals surface area contributed by atoms with Gasteiger partial charge in [-0.05, 0) is 40.1 Å². The predicted molar refractivity (Wildman–Crippen MR) is 126 cm³/mol. The zero-order valence-electron chi connectivity index (χ0n) is 17.8. The van der Waals surface area contributed by atoms with Crippen molar-refractivity contribution < 1.29 is 22.6 Å². The van der Waals surface area contributed by atoms with E-state index in [0.717, 1.165) is 17.8 Å². The van der Waals surface area contributed by atoms with Crippen LogP contribution in [0.25, 0.3) is 0 Å². The summed E-state index contributed by atoms with van der Waals surface area (Å²) in [5.41, 5.74) is -0.348. The number of carbonyl (C=O) groups is 1. The Bertz CT molecular complexity index is 919. The number of nitro benzene ring substituents is 1. The SMILES string of the molecule is CC(=O)SCC(CO[Si](C)(C)C(C)(C)C)Nc1c(Br)cc(S(N)(=O)=O)cc1[N+](=O)[O-]. The monoisotopic (exact) mass is 541 g/mol. The highest BCUT2D eigenvalue weighted by Gasteiger charge is 2.38. The molecule has 170 valence electrons. The van der Waals surface area contributed by atoms with Gasteiger partial charge >= 0.3 is 0 Å². The number of benzene rings is 1. The van der Waals surface area contributed by atoms with Crippen molar-refractivity contribution in [3.63, 3.8) is 0 Å². The Kier molecular flexibility index (Phi) is 9.09. The van der Waals surface area contributed by atoms with Crippen LogP contribution >= 0.6 is 27.7 Å². The van der Waals surface area contributed by atoms with E-state index >= 15 is 0 Å². The quantitative estimate of drug-likeness (QED) is 0.270. The van der Waals surface area contributed by atoms with E-state index in [1.54, 1.807) is 0 Å². The number of carbonyl (C=O) groups excluding carboxylic acids is 1. The third kappa shape index (κ3) is 7.61. The summed E-state index contributed by atoms with van der Waals surface area (Å²) in [5, 5.41) is 19.6. The second-order valence-corrected chi connectivity index (χ2v) is 16.7. The van der Waals surface area contributed by atoms with Gasteiger partial charge in [0.2, 0.25) is 10.0 Å². The van der Waals surface area contributed by atoms with Crippen LogP contribution in [0.5, 0.6) is 0 Å². The summed E-state index contributed by atoms with van der Waals surface area (Å²) in [6, 6.07) is 1.68. The molecule has 0 aliphatic carbocycles. The molecule has 0 radical (unpaired) electrons. The lowest BCUT2D eigenvalue weighted by molar-refractivity contribution is -0.384. The van der Waals surface area contributed by atoms with Crippen molar-refractivity contribution in [3.8, 4) is 0 Å². The minimum Gasteiger partial charge on any atom is -0.415 e. The van der Waals surface area contributed by atoms with Gasteiger partial charge in [-0.25, -0.2) is 13.6 Å². The van der Waals surface area contributed by atoms with E-state index in [-0.39, 0.29) is 31.8 Å². The van der Waals surface area contributed by atoms with Gasteiger partial charge in [-0.15, -0.1) is 0 Å². The smallest absolute Gasteiger partial charge is 0.294 e. The fraction of sp³-hybridized carbons (Fsp3) is 0.588. The molecule has 0 aliphatic rings. The molecule has 30 heavy (non-hydrogen) atoms. The maximum absolute atomic E-state index is 11.6. The number of rotatable bonds is 9. The Morgan fingerprint density at radius 2 is 1.97 bits per heavy atom. The standard InChI is InChI=1S/C17H28BrN3O6S2Si/c1-11(22)28-10-12(9-27-30(5,6)17(2,3)4)20-16-14(18)7-13(29(19,25)26)8-15(16)21(23)24/h7-8,12,20H,9-10H2,1-6H3,(H2,19,25,26). The molecule has 1 aromatic rings. The van der Waals surface area contributed by atoms with Gasteiger partial charge < -0.3 is 9.74 Å². The molecule has 1 atom stereocenters. The van der Waals surface area contributed by atoms with Crippen molar-refractivity contribution >= 4 is 62.5 Å². The fourth-order valence-electron chi connectivity index (χ4n) is 2.10. The summed E-state index contributed by atoms with van der Waals surface area (Å²) in [4.78, 5) is 22.0. The zero-order chi connectivity index (χ0) is 23.5. The van der Waals surface area contributed by atoms with Crippen LogP contribution in [0.2, 0.25) is 18.1 Å². The Balaban J connectivity index is 3.28. The van der Waals surface area contributed by atoms with E-state index in [1.807, 2.05) is 0 Å². The summed E-state index contributed by atoms with van der Waals surface area (Å²) in [5.74, 6) is 0.324. The molecule has 0 saturated heterocycles.